The van der Waals surface area contributed by atoms with Gasteiger partial charge in [0.1, 0.15) is 0 Å². The first-order chi connectivity index (χ1) is 5.66. The number of allylic oxidation sites excluding steroid dienone is 2. The van der Waals surface area contributed by atoms with E-state index in [1.807, 2.05) is 0 Å². The number of hydrogen-bond donors (Lipinski definition) is 0. The maximum atomic E-state index is 2.41. The summed E-state index contributed by atoms with van der Waals surface area (Å²) < 4.78 is 0. The van der Waals surface area contributed by atoms with Crippen molar-refractivity contribution in [1.82, 2.24) is 0 Å². The smallest absolute Gasteiger partial charge is 0.0300 e. The molecule has 0 radical (unpaired) electrons. The summed E-state index contributed by atoms with van der Waals surface area (Å²) in [6, 6.07) is 0. The van der Waals surface area contributed by atoms with Gasteiger partial charge in [0.05, 0.1) is 0 Å². The third-order valence-electron chi connectivity index (χ3n) is 2.03. The largest absolute Gasteiger partial charge is 0.0856 e. The molecule has 0 heteroatoms. The van der Waals surface area contributed by atoms with E-state index < -0.39 is 0 Å². The molecule has 0 rings (SSSR count). The van der Waals surface area contributed by atoms with E-state index in [1.54, 1.807) is 5.57 Å². The van der Waals surface area contributed by atoms with Crippen LogP contribution < -0.4 is 0 Å². The lowest BCUT2D eigenvalue weighted by molar-refractivity contribution is 0.637. The van der Waals surface area contributed by atoms with Crippen molar-refractivity contribution in [3.05, 3.63) is 11.6 Å². The van der Waals surface area contributed by atoms with Crippen molar-refractivity contribution >= 4 is 0 Å². The molecule has 0 aromatic carbocycles. The van der Waals surface area contributed by atoms with E-state index >= 15 is 0 Å². The number of rotatable bonds is 6. The summed E-state index contributed by atoms with van der Waals surface area (Å²) in [5, 5.41) is 0. The van der Waals surface area contributed by atoms with Gasteiger partial charge in [-0.15, -0.1) is 0 Å². The molecule has 0 amide bonds. The Labute approximate surface area is 78.1 Å². The van der Waals surface area contributed by atoms with Gasteiger partial charge in [-0.1, -0.05) is 45.3 Å². The monoisotopic (exact) mass is 168 g/mol. The molecular formula is C12H24. The van der Waals surface area contributed by atoms with Crippen molar-refractivity contribution < 1.29 is 0 Å². The van der Waals surface area contributed by atoms with Crippen LogP contribution in [0.3, 0.4) is 0 Å². The molecule has 0 aromatic heterocycles. The first-order valence-electron chi connectivity index (χ1n) is 5.32. The number of hydrogen-bond acceptors (Lipinski definition) is 0. The lowest BCUT2D eigenvalue weighted by atomic mass is 10.0. The minimum Gasteiger partial charge on any atom is -0.0856 e. The van der Waals surface area contributed by atoms with Crippen LogP contribution in [-0.2, 0) is 0 Å². The van der Waals surface area contributed by atoms with Gasteiger partial charge in [0.25, 0.3) is 0 Å². The summed E-state index contributed by atoms with van der Waals surface area (Å²) in [6.07, 6.45) is 9.04. The Morgan fingerprint density at radius 1 is 1.25 bits per heavy atom. The molecule has 0 bridgehead atoms. The molecule has 0 fully saturated rings. The maximum Gasteiger partial charge on any atom is -0.0300 e. The zero-order chi connectivity index (χ0) is 9.40. The SMILES string of the molecule is CCCCC/C=C(\C)CC(C)C. The van der Waals surface area contributed by atoms with Crippen LogP contribution in [0.4, 0.5) is 0 Å². The quantitative estimate of drug-likeness (QED) is 0.403. The average Bonchev–Trinajstić information content (AvgIpc) is 1.97. The van der Waals surface area contributed by atoms with Gasteiger partial charge in [-0.05, 0) is 32.1 Å². The zero-order valence-corrected chi connectivity index (χ0v) is 9.19. The Kier molecular flexibility index (Phi) is 7.23. The second-order valence-corrected chi connectivity index (χ2v) is 4.14. The Bertz CT molecular complexity index is 120. The summed E-state index contributed by atoms with van der Waals surface area (Å²) >= 11 is 0. The molecule has 0 aromatic rings. The molecule has 0 unspecified atom stereocenters. The van der Waals surface area contributed by atoms with Gasteiger partial charge in [-0.2, -0.15) is 0 Å². The third kappa shape index (κ3) is 7.84. The molecule has 0 saturated heterocycles. The first kappa shape index (κ1) is 11.7. The van der Waals surface area contributed by atoms with Gasteiger partial charge in [-0.25, -0.2) is 0 Å². The second kappa shape index (κ2) is 7.39. The van der Waals surface area contributed by atoms with E-state index in [-0.39, 0.29) is 0 Å². The van der Waals surface area contributed by atoms with Crippen LogP contribution in [0.15, 0.2) is 11.6 Å². The van der Waals surface area contributed by atoms with Gasteiger partial charge in [0, 0.05) is 0 Å². The van der Waals surface area contributed by atoms with E-state index in [9.17, 15) is 0 Å². The Balaban J connectivity index is 3.41. The fourth-order valence-electron chi connectivity index (χ4n) is 1.47. The summed E-state index contributed by atoms with van der Waals surface area (Å²) in [7, 11) is 0. The van der Waals surface area contributed by atoms with Crippen molar-refractivity contribution in [3.63, 3.8) is 0 Å². The summed E-state index contributed by atoms with van der Waals surface area (Å²) in [5.74, 6) is 0.812. The predicted molar refractivity (Wildman–Crippen MR) is 57.4 cm³/mol. The minimum atomic E-state index is 0.812. The minimum absolute atomic E-state index is 0.812. The molecule has 0 nitrogen and oxygen atoms in total. The molecule has 0 N–H and O–H groups in total. The van der Waals surface area contributed by atoms with Crippen LogP contribution in [0, 0.1) is 5.92 Å². The Morgan fingerprint density at radius 2 is 1.92 bits per heavy atom. The predicted octanol–water partition coefficient (Wildman–Crippen LogP) is 4.56. The van der Waals surface area contributed by atoms with E-state index in [4.69, 9.17) is 0 Å². The van der Waals surface area contributed by atoms with Gasteiger partial charge < -0.3 is 0 Å². The molecule has 12 heavy (non-hydrogen) atoms. The van der Waals surface area contributed by atoms with E-state index in [2.05, 4.69) is 33.8 Å². The summed E-state index contributed by atoms with van der Waals surface area (Å²) in [5.41, 5.74) is 1.57. The highest BCUT2D eigenvalue weighted by Gasteiger charge is 1.94. The maximum absolute atomic E-state index is 2.41. The molecule has 0 heterocycles. The van der Waals surface area contributed by atoms with Crippen molar-refractivity contribution in [2.45, 2.75) is 59.8 Å². The topological polar surface area (TPSA) is 0 Å². The second-order valence-electron chi connectivity index (χ2n) is 4.14. The van der Waals surface area contributed by atoms with Crippen molar-refractivity contribution in [2.75, 3.05) is 0 Å². The highest BCUT2D eigenvalue weighted by atomic mass is 14.0. The van der Waals surface area contributed by atoms with Crippen LogP contribution in [0.5, 0.6) is 0 Å². The van der Waals surface area contributed by atoms with Crippen molar-refractivity contribution in [1.29, 1.82) is 0 Å². The fraction of sp³-hybridized carbons (Fsp3) is 0.833. The molecule has 0 aliphatic heterocycles. The normalized spacial score (nSPS) is 12.6. The molecular weight excluding hydrogens is 144 g/mol. The van der Waals surface area contributed by atoms with Crippen molar-refractivity contribution in [3.8, 4) is 0 Å². The standard InChI is InChI=1S/C12H24/c1-5-6-7-8-9-12(4)10-11(2)3/h9,11H,5-8,10H2,1-4H3/b12-9+. The Hall–Kier alpha value is -0.260. The summed E-state index contributed by atoms with van der Waals surface area (Å²) in [4.78, 5) is 0. The zero-order valence-electron chi connectivity index (χ0n) is 9.19. The van der Waals surface area contributed by atoms with E-state index in [0.717, 1.165) is 5.92 Å². The van der Waals surface area contributed by atoms with Crippen LogP contribution in [-0.4, -0.2) is 0 Å². The highest BCUT2D eigenvalue weighted by molar-refractivity contribution is 4.98. The van der Waals surface area contributed by atoms with Gasteiger partial charge in [-0.3, -0.25) is 0 Å². The van der Waals surface area contributed by atoms with E-state index in [1.165, 1.54) is 32.1 Å². The van der Waals surface area contributed by atoms with E-state index in [0.29, 0.717) is 0 Å². The molecule has 72 valence electrons. The van der Waals surface area contributed by atoms with Gasteiger partial charge in [0.2, 0.25) is 0 Å². The lowest BCUT2D eigenvalue weighted by Gasteiger charge is -2.04. The lowest BCUT2D eigenvalue weighted by Crippen LogP contribution is -1.87. The first-order valence-corrected chi connectivity index (χ1v) is 5.32. The van der Waals surface area contributed by atoms with Gasteiger partial charge in [0.15, 0.2) is 0 Å². The number of unbranched alkanes of at least 4 members (excludes halogenated alkanes) is 3. The Morgan fingerprint density at radius 3 is 2.42 bits per heavy atom. The van der Waals surface area contributed by atoms with Gasteiger partial charge >= 0.3 is 0 Å². The fourth-order valence-corrected chi connectivity index (χ4v) is 1.47. The average molecular weight is 168 g/mol. The van der Waals surface area contributed by atoms with Crippen LogP contribution >= 0.6 is 0 Å². The van der Waals surface area contributed by atoms with Crippen molar-refractivity contribution in [2.24, 2.45) is 5.92 Å². The summed E-state index contributed by atoms with van der Waals surface area (Å²) in [6.45, 7) is 9.07. The highest BCUT2D eigenvalue weighted by Crippen LogP contribution is 2.11. The molecule has 0 aliphatic rings. The van der Waals surface area contributed by atoms with Crippen LogP contribution in [0.2, 0.25) is 0 Å². The molecule has 0 spiro atoms. The molecule has 0 aliphatic carbocycles. The van der Waals surface area contributed by atoms with Crippen LogP contribution in [0.1, 0.15) is 59.8 Å². The molecule has 0 atom stereocenters. The van der Waals surface area contributed by atoms with Crippen LogP contribution in [0.25, 0.3) is 0 Å². The molecule has 0 saturated carbocycles. The third-order valence-corrected chi connectivity index (χ3v) is 2.03.